The Morgan fingerprint density at radius 1 is 1.10 bits per heavy atom. The van der Waals surface area contributed by atoms with E-state index in [1.807, 2.05) is 19.1 Å². The molecule has 0 spiro atoms. The highest BCUT2D eigenvalue weighted by Gasteiger charge is 2.15. The zero-order valence-electron chi connectivity index (χ0n) is 11.8. The molecular weight excluding hydrogens is 248 g/mol. The van der Waals surface area contributed by atoms with Crippen LogP contribution in [0.1, 0.15) is 24.1 Å². The van der Waals surface area contributed by atoms with Crippen molar-refractivity contribution in [2.75, 3.05) is 18.1 Å². The van der Waals surface area contributed by atoms with E-state index in [0.29, 0.717) is 6.61 Å². The van der Waals surface area contributed by atoms with Crippen molar-refractivity contribution in [2.24, 2.45) is 5.73 Å². The molecule has 20 heavy (non-hydrogen) atoms. The fourth-order valence-electron chi connectivity index (χ4n) is 2.53. The Labute approximate surface area is 120 Å². The molecule has 2 aromatic carbocycles. The van der Waals surface area contributed by atoms with E-state index in [4.69, 9.17) is 10.5 Å². The second-order valence-corrected chi connectivity index (χ2v) is 5.26. The number of nitrogens with two attached hydrogens (primary N) is 1. The maximum absolute atomic E-state index is 5.90. The number of hydrogen-bond donors (Lipinski definition) is 1. The van der Waals surface area contributed by atoms with E-state index in [1.165, 1.54) is 16.8 Å². The monoisotopic (exact) mass is 268 g/mol. The lowest BCUT2D eigenvalue weighted by Gasteiger charge is -2.22. The van der Waals surface area contributed by atoms with E-state index in [9.17, 15) is 0 Å². The minimum atomic E-state index is 0.0808. The molecule has 0 aromatic heterocycles. The van der Waals surface area contributed by atoms with Gasteiger partial charge in [-0.2, -0.15) is 0 Å². The van der Waals surface area contributed by atoms with E-state index < -0.39 is 0 Å². The molecule has 1 aliphatic heterocycles. The summed E-state index contributed by atoms with van der Waals surface area (Å²) in [7, 11) is 0. The molecule has 0 fully saturated rings. The first-order chi connectivity index (χ1) is 9.74. The normalized spacial score (nSPS) is 16.0. The number of fused-ring (bicyclic) bond motifs is 1. The summed E-state index contributed by atoms with van der Waals surface area (Å²) in [4.78, 5) is 2.34. The Hall–Kier alpha value is -2.00. The Kier molecular flexibility index (Phi) is 3.61. The molecule has 3 rings (SSSR count). The van der Waals surface area contributed by atoms with Gasteiger partial charge >= 0.3 is 0 Å². The number of rotatable bonds is 2. The Balaban J connectivity index is 1.84. The van der Waals surface area contributed by atoms with Gasteiger partial charge < -0.3 is 15.4 Å². The van der Waals surface area contributed by atoms with Crippen LogP contribution in [-0.4, -0.2) is 13.2 Å². The molecule has 3 heteroatoms. The van der Waals surface area contributed by atoms with Crippen molar-refractivity contribution in [3.05, 3.63) is 59.7 Å². The van der Waals surface area contributed by atoms with Crippen LogP contribution in [0.25, 0.3) is 0 Å². The average Bonchev–Trinajstić information content (AvgIpc) is 2.69. The van der Waals surface area contributed by atoms with Crippen molar-refractivity contribution < 1.29 is 4.74 Å². The van der Waals surface area contributed by atoms with Gasteiger partial charge in [-0.1, -0.05) is 30.3 Å². The molecule has 2 aromatic rings. The molecule has 2 N–H and O–H groups in total. The lowest BCUT2D eigenvalue weighted by atomic mass is 10.1. The molecule has 1 heterocycles. The third kappa shape index (κ3) is 2.63. The zero-order chi connectivity index (χ0) is 13.9. The van der Waals surface area contributed by atoms with Crippen LogP contribution < -0.4 is 15.4 Å². The second-order valence-electron chi connectivity index (χ2n) is 5.26. The van der Waals surface area contributed by atoms with Gasteiger partial charge in [0.1, 0.15) is 12.4 Å². The van der Waals surface area contributed by atoms with Crippen molar-refractivity contribution >= 4 is 5.69 Å². The third-order valence-electron chi connectivity index (χ3n) is 3.74. The summed E-state index contributed by atoms with van der Waals surface area (Å²) in [5, 5.41) is 0. The van der Waals surface area contributed by atoms with Gasteiger partial charge in [-0.3, -0.25) is 0 Å². The molecule has 1 atom stereocenters. The van der Waals surface area contributed by atoms with Gasteiger partial charge in [0, 0.05) is 23.8 Å². The van der Waals surface area contributed by atoms with Gasteiger partial charge in [0.25, 0.3) is 0 Å². The standard InChI is InChI=1S/C17H20N2O/c1-13(18)14-6-8-16(9-7-14)19-10-11-20-17-5-3-2-4-15(17)12-19/h2-9,13H,10-12,18H2,1H3/t13-/m0/s1. The van der Waals surface area contributed by atoms with Gasteiger partial charge in [0.2, 0.25) is 0 Å². The molecule has 0 radical (unpaired) electrons. The molecule has 3 nitrogen and oxygen atoms in total. The van der Waals surface area contributed by atoms with Crippen LogP contribution in [0.2, 0.25) is 0 Å². The maximum atomic E-state index is 5.90. The van der Waals surface area contributed by atoms with E-state index in [1.54, 1.807) is 0 Å². The van der Waals surface area contributed by atoms with Gasteiger partial charge in [0.15, 0.2) is 0 Å². The lowest BCUT2D eigenvalue weighted by Crippen LogP contribution is -2.25. The quantitative estimate of drug-likeness (QED) is 0.909. The van der Waals surface area contributed by atoms with E-state index >= 15 is 0 Å². The summed E-state index contributed by atoms with van der Waals surface area (Å²) in [6.45, 7) is 4.50. The smallest absolute Gasteiger partial charge is 0.124 e. The van der Waals surface area contributed by atoms with E-state index in [-0.39, 0.29) is 6.04 Å². The van der Waals surface area contributed by atoms with Crippen molar-refractivity contribution in [3.63, 3.8) is 0 Å². The van der Waals surface area contributed by atoms with Crippen LogP contribution in [0.4, 0.5) is 5.69 Å². The predicted molar refractivity (Wildman–Crippen MR) is 82.0 cm³/mol. The van der Waals surface area contributed by atoms with Crippen LogP contribution in [0.3, 0.4) is 0 Å². The molecule has 104 valence electrons. The molecule has 0 saturated carbocycles. The van der Waals surface area contributed by atoms with Gasteiger partial charge in [-0.15, -0.1) is 0 Å². The summed E-state index contributed by atoms with van der Waals surface area (Å²) >= 11 is 0. The molecule has 0 unspecified atom stereocenters. The highest BCUT2D eigenvalue weighted by Crippen LogP contribution is 2.26. The molecule has 0 aliphatic carbocycles. The number of benzene rings is 2. The summed E-state index contributed by atoms with van der Waals surface area (Å²) in [5.74, 6) is 1.00. The fraction of sp³-hybridized carbons (Fsp3) is 0.294. The third-order valence-corrected chi connectivity index (χ3v) is 3.74. The minimum absolute atomic E-state index is 0.0808. The molecule has 0 saturated heterocycles. The first-order valence-electron chi connectivity index (χ1n) is 7.05. The van der Waals surface area contributed by atoms with Gasteiger partial charge in [-0.25, -0.2) is 0 Å². The SMILES string of the molecule is C[C@H](N)c1ccc(N2CCOc3ccccc3C2)cc1. The Bertz CT molecular complexity index is 578. The fourth-order valence-corrected chi connectivity index (χ4v) is 2.53. The Morgan fingerprint density at radius 2 is 1.85 bits per heavy atom. The van der Waals surface area contributed by atoms with Gasteiger partial charge in [0.05, 0.1) is 6.54 Å². The van der Waals surface area contributed by atoms with Crippen LogP contribution in [-0.2, 0) is 6.54 Å². The lowest BCUT2D eigenvalue weighted by molar-refractivity contribution is 0.331. The van der Waals surface area contributed by atoms with Crippen molar-refractivity contribution in [2.45, 2.75) is 19.5 Å². The number of nitrogens with zero attached hydrogens (tertiary/aromatic N) is 1. The predicted octanol–water partition coefficient (Wildman–Crippen LogP) is 3.11. The Morgan fingerprint density at radius 3 is 2.60 bits per heavy atom. The minimum Gasteiger partial charge on any atom is -0.491 e. The summed E-state index contributed by atoms with van der Waals surface area (Å²) in [6.07, 6.45) is 0. The average molecular weight is 268 g/mol. The molecule has 1 aliphatic rings. The first-order valence-corrected chi connectivity index (χ1v) is 7.05. The topological polar surface area (TPSA) is 38.5 Å². The van der Waals surface area contributed by atoms with Crippen LogP contribution in [0.15, 0.2) is 48.5 Å². The van der Waals surface area contributed by atoms with Crippen LogP contribution >= 0.6 is 0 Å². The number of anilines is 1. The highest BCUT2D eigenvalue weighted by molar-refractivity contribution is 5.50. The molecular formula is C17H20N2O. The van der Waals surface area contributed by atoms with E-state index in [2.05, 4.69) is 41.3 Å². The maximum Gasteiger partial charge on any atom is 0.124 e. The van der Waals surface area contributed by atoms with E-state index in [0.717, 1.165) is 18.8 Å². The van der Waals surface area contributed by atoms with Crippen molar-refractivity contribution in [1.82, 2.24) is 0 Å². The van der Waals surface area contributed by atoms with Crippen molar-refractivity contribution in [3.8, 4) is 5.75 Å². The van der Waals surface area contributed by atoms with Crippen molar-refractivity contribution in [1.29, 1.82) is 0 Å². The first kappa shape index (κ1) is 13.0. The number of ether oxygens (including phenoxy) is 1. The number of para-hydroxylation sites is 1. The number of hydrogen-bond acceptors (Lipinski definition) is 3. The van der Waals surface area contributed by atoms with Gasteiger partial charge in [-0.05, 0) is 30.7 Å². The summed E-state index contributed by atoms with van der Waals surface area (Å²) < 4.78 is 5.80. The zero-order valence-corrected chi connectivity index (χ0v) is 11.8. The largest absolute Gasteiger partial charge is 0.491 e. The summed E-state index contributed by atoms with van der Waals surface area (Å²) in [5.41, 5.74) is 9.52. The van der Waals surface area contributed by atoms with Crippen LogP contribution in [0, 0.1) is 0 Å². The highest BCUT2D eigenvalue weighted by atomic mass is 16.5. The summed E-state index contributed by atoms with van der Waals surface area (Å²) in [6, 6.07) is 16.8. The second kappa shape index (κ2) is 5.55. The molecule has 0 amide bonds. The van der Waals surface area contributed by atoms with Crippen LogP contribution in [0.5, 0.6) is 5.75 Å². The molecule has 0 bridgehead atoms.